The molecule has 0 aromatic heterocycles. The van der Waals surface area contributed by atoms with Gasteiger partial charge in [-0.3, -0.25) is 0 Å². The molecular formula is C14H21Cl. The number of hydrogen-bond donors (Lipinski definition) is 0. The summed E-state index contributed by atoms with van der Waals surface area (Å²) in [5.74, 6) is 1.50. The van der Waals surface area contributed by atoms with Gasteiger partial charge in [0, 0.05) is 5.02 Å². The van der Waals surface area contributed by atoms with Crippen LogP contribution in [-0.4, -0.2) is 0 Å². The highest BCUT2D eigenvalue weighted by Gasteiger charge is 2.09. The quantitative estimate of drug-likeness (QED) is 0.639. The summed E-state index contributed by atoms with van der Waals surface area (Å²) in [7, 11) is 0. The molecule has 1 rings (SSSR count). The first kappa shape index (κ1) is 12.6. The van der Waals surface area contributed by atoms with Crippen LogP contribution in [0.2, 0.25) is 5.02 Å². The van der Waals surface area contributed by atoms with Crippen molar-refractivity contribution >= 4 is 11.6 Å². The highest BCUT2D eigenvalue weighted by molar-refractivity contribution is 6.30. The highest BCUT2D eigenvalue weighted by Crippen LogP contribution is 2.27. The minimum atomic E-state index is 0.699. The van der Waals surface area contributed by atoms with E-state index in [1.54, 1.807) is 0 Å². The van der Waals surface area contributed by atoms with Gasteiger partial charge < -0.3 is 0 Å². The fraction of sp³-hybridized carbons (Fsp3) is 0.571. The van der Waals surface area contributed by atoms with Gasteiger partial charge in [-0.25, -0.2) is 0 Å². The standard InChI is InChI=1S/C14H21Cl/c1-4-12(6-5-11(2)3)13-7-9-14(15)10-8-13/h7-12H,4-6H2,1-3H3. The third kappa shape index (κ3) is 4.25. The lowest BCUT2D eigenvalue weighted by Gasteiger charge is -2.16. The van der Waals surface area contributed by atoms with E-state index in [2.05, 4.69) is 32.9 Å². The highest BCUT2D eigenvalue weighted by atomic mass is 35.5. The molecule has 0 saturated carbocycles. The molecule has 0 aliphatic rings. The van der Waals surface area contributed by atoms with E-state index in [1.165, 1.54) is 24.8 Å². The van der Waals surface area contributed by atoms with Crippen LogP contribution < -0.4 is 0 Å². The Hall–Kier alpha value is -0.490. The third-order valence-electron chi connectivity index (χ3n) is 2.93. The lowest BCUT2D eigenvalue weighted by molar-refractivity contribution is 0.492. The first-order chi connectivity index (χ1) is 7.13. The Balaban J connectivity index is 2.61. The van der Waals surface area contributed by atoms with Crippen LogP contribution in [-0.2, 0) is 0 Å². The predicted molar refractivity (Wildman–Crippen MR) is 68.6 cm³/mol. The normalized spacial score (nSPS) is 13.1. The fourth-order valence-corrected chi connectivity index (χ4v) is 2.00. The first-order valence-corrected chi connectivity index (χ1v) is 6.26. The Morgan fingerprint density at radius 2 is 1.67 bits per heavy atom. The summed E-state index contributed by atoms with van der Waals surface area (Å²) in [4.78, 5) is 0. The molecule has 1 atom stereocenters. The number of halogens is 1. The Labute approximate surface area is 98.7 Å². The van der Waals surface area contributed by atoms with Gasteiger partial charge in [-0.1, -0.05) is 50.9 Å². The van der Waals surface area contributed by atoms with Crippen molar-refractivity contribution < 1.29 is 0 Å². The molecule has 1 unspecified atom stereocenters. The summed E-state index contributed by atoms with van der Waals surface area (Å²) in [6, 6.07) is 8.32. The number of hydrogen-bond acceptors (Lipinski definition) is 0. The molecule has 0 aliphatic heterocycles. The van der Waals surface area contributed by atoms with Crippen molar-refractivity contribution in [3.05, 3.63) is 34.9 Å². The smallest absolute Gasteiger partial charge is 0.0406 e. The van der Waals surface area contributed by atoms with Crippen LogP contribution in [0.15, 0.2) is 24.3 Å². The van der Waals surface area contributed by atoms with Crippen molar-refractivity contribution in [2.24, 2.45) is 5.92 Å². The van der Waals surface area contributed by atoms with Gasteiger partial charge >= 0.3 is 0 Å². The van der Waals surface area contributed by atoms with Crippen LogP contribution in [0, 0.1) is 5.92 Å². The van der Waals surface area contributed by atoms with E-state index in [1.807, 2.05) is 12.1 Å². The molecule has 0 radical (unpaired) electrons. The Bertz CT molecular complexity index is 274. The molecule has 0 N–H and O–H groups in total. The van der Waals surface area contributed by atoms with Gasteiger partial charge in [-0.05, 0) is 42.4 Å². The lowest BCUT2D eigenvalue weighted by Crippen LogP contribution is -1.99. The minimum Gasteiger partial charge on any atom is -0.0843 e. The van der Waals surface area contributed by atoms with Crippen molar-refractivity contribution in [3.63, 3.8) is 0 Å². The van der Waals surface area contributed by atoms with Crippen molar-refractivity contribution in [2.75, 3.05) is 0 Å². The van der Waals surface area contributed by atoms with E-state index in [4.69, 9.17) is 11.6 Å². The molecule has 84 valence electrons. The monoisotopic (exact) mass is 224 g/mol. The molecule has 0 aliphatic carbocycles. The van der Waals surface area contributed by atoms with Crippen LogP contribution in [0.4, 0.5) is 0 Å². The van der Waals surface area contributed by atoms with E-state index in [0.29, 0.717) is 5.92 Å². The van der Waals surface area contributed by atoms with Gasteiger partial charge in [0.05, 0.1) is 0 Å². The molecular weight excluding hydrogens is 204 g/mol. The topological polar surface area (TPSA) is 0 Å². The second-order valence-electron chi connectivity index (χ2n) is 4.63. The van der Waals surface area contributed by atoms with E-state index >= 15 is 0 Å². The summed E-state index contributed by atoms with van der Waals surface area (Å²) in [5.41, 5.74) is 1.43. The number of benzene rings is 1. The summed E-state index contributed by atoms with van der Waals surface area (Å²) in [6.07, 6.45) is 3.81. The zero-order valence-corrected chi connectivity index (χ0v) is 10.7. The maximum Gasteiger partial charge on any atom is 0.0406 e. The average Bonchev–Trinajstić information content (AvgIpc) is 2.21. The average molecular weight is 225 g/mol. The lowest BCUT2D eigenvalue weighted by atomic mass is 9.89. The van der Waals surface area contributed by atoms with Gasteiger partial charge in [-0.15, -0.1) is 0 Å². The number of rotatable bonds is 5. The van der Waals surface area contributed by atoms with E-state index in [0.717, 1.165) is 10.9 Å². The van der Waals surface area contributed by atoms with E-state index in [-0.39, 0.29) is 0 Å². The molecule has 0 heterocycles. The van der Waals surface area contributed by atoms with Gasteiger partial charge in [0.25, 0.3) is 0 Å². The van der Waals surface area contributed by atoms with E-state index in [9.17, 15) is 0 Å². The fourth-order valence-electron chi connectivity index (χ4n) is 1.88. The SMILES string of the molecule is CCC(CCC(C)C)c1ccc(Cl)cc1. The van der Waals surface area contributed by atoms with Crippen molar-refractivity contribution in [3.8, 4) is 0 Å². The maximum atomic E-state index is 5.89. The first-order valence-electron chi connectivity index (χ1n) is 5.89. The molecule has 15 heavy (non-hydrogen) atoms. The molecule has 0 bridgehead atoms. The molecule has 1 aromatic carbocycles. The molecule has 0 nitrogen and oxygen atoms in total. The van der Waals surface area contributed by atoms with Gasteiger partial charge in [0.2, 0.25) is 0 Å². The molecule has 0 fully saturated rings. The zero-order valence-electron chi connectivity index (χ0n) is 9.96. The molecule has 0 amide bonds. The molecule has 0 saturated heterocycles. The van der Waals surface area contributed by atoms with Gasteiger partial charge in [-0.2, -0.15) is 0 Å². The van der Waals surface area contributed by atoms with Crippen LogP contribution in [0.1, 0.15) is 51.5 Å². The summed E-state index contributed by atoms with van der Waals surface area (Å²) < 4.78 is 0. The Kier molecular flexibility index (Phi) is 5.17. The Morgan fingerprint density at radius 3 is 2.13 bits per heavy atom. The molecule has 1 aromatic rings. The maximum absolute atomic E-state index is 5.89. The van der Waals surface area contributed by atoms with Gasteiger partial charge in [0.15, 0.2) is 0 Å². The zero-order chi connectivity index (χ0) is 11.3. The summed E-state index contributed by atoms with van der Waals surface area (Å²) in [6.45, 7) is 6.84. The van der Waals surface area contributed by atoms with Crippen LogP contribution in [0.3, 0.4) is 0 Å². The van der Waals surface area contributed by atoms with E-state index < -0.39 is 0 Å². The largest absolute Gasteiger partial charge is 0.0843 e. The van der Waals surface area contributed by atoms with Crippen molar-refractivity contribution in [2.45, 2.75) is 46.0 Å². The van der Waals surface area contributed by atoms with Crippen molar-refractivity contribution in [1.82, 2.24) is 0 Å². The minimum absolute atomic E-state index is 0.699. The second kappa shape index (κ2) is 6.17. The Morgan fingerprint density at radius 1 is 1.07 bits per heavy atom. The second-order valence-corrected chi connectivity index (χ2v) is 5.06. The van der Waals surface area contributed by atoms with Crippen LogP contribution in [0.5, 0.6) is 0 Å². The van der Waals surface area contributed by atoms with Crippen molar-refractivity contribution in [1.29, 1.82) is 0 Å². The van der Waals surface area contributed by atoms with Crippen LogP contribution in [0.25, 0.3) is 0 Å². The molecule has 0 spiro atoms. The third-order valence-corrected chi connectivity index (χ3v) is 3.18. The van der Waals surface area contributed by atoms with Crippen LogP contribution >= 0.6 is 11.6 Å². The summed E-state index contributed by atoms with van der Waals surface area (Å²) >= 11 is 5.89. The van der Waals surface area contributed by atoms with Gasteiger partial charge in [0.1, 0.15) is 0 Å². The predicted octanol–water partition coefficient (Wildman–Crippen LogP) is 5.27. The summed E-state index contributed by atoms with van der Waals surface area (Å²) in [5, 5.41) is 0.831. The molecule has 1 heteroatoms.